The molecule has 0 fully saturated rings. The molecule has 0 bridgehead atoms. The van der Waals surface area contributed by atoms with E-state index < -0.39 is 0 Å². The molecule has 0 aromatic heterocycles. The van der Waals surface area contributed by atoms with Gasteiger partial charge in [-0.2, -0.15) is 0 Å². The maximum Gasteiger partial charge on any atom is 0.226 e. The van der Waals surface area contributed by atoms with Gasteiger partial charge in [-0.3, -0.25) is 4.79 Å². The van der Waals surface area contributed by atoms with Crippen LogP contribution in [0.5, 0.6) is 11.5 Å². The molecular weight excluding hydrogens is 302 g/mol. The Balaban J connectivity index is 1.32. The summed E-state index contributed by atoms with van der Waals surface area (Å²) in [5.74, 6) is 2.15. The molecule has 0 spiro atoms. The second kappa shape index (κ2) is 6.56. The van der Waals surface area contributed by atoms with Crippen molar-refractivity contribution in [2.24, 2.45) is 11.8 Å². The molecule has 4 rings (SSSR count). The van der Waals surface area contributed by atoms with Crippen LogP contribution in [0.2, 0.25) is 0 Å². The van der Waals surface area contributed by atoms with E-state index in [-0.39, 0.29) is 11.8 Å². The van der Waals surface area contributed by atoms with Crippen molar-refractivity contribution in [1.82, 2.24) is 5.32 Å². The molecule has 0 aliphatic carbocycles. The fourth-order valence-corrected chi connectivity index (χ4v) is 3.41. The van der Waals surface area contributed by atoms with Gasteiger partial charge in [0.15, 0.2) is 0 Å². The molecule has 2 unspecified atom stereocenters. The first kappa shape index (κ1) is 15.1. The molecule has 2 heterocycles. The van der Waals surface area contributed by atoms with Crippen molar-refractivity contribution in [2.45, 2.75) is 12.8 Å². The molecule has 2 aromatic rings. The zero-order valence-electron chi connectivity index (χ0n) is 13.5. The number of amides is 1. The van der Waals surface area contributed by atoms with Crippen LogP contribution < -0.4 is 14.8 Å². The van der Waals surface area contributed by atoms with Crippen LogP contribution in [-0.2, 0) is 17.6 Å². The van der Waals surface area contributed by atoms with E-state index in [1.807, 2.05) is 42.5 Å². The Hall–Kier alpha value is -2.49. The zero-order chi connectivity index (χ0) is 16.4. The normalized spacial score (nSPS) is 21.7. The van der Waals surface area contributed by atoms with Crippen LogP contribution in [-0.4, -0.2) is 25.7 Å². The Morgan fingerprint density at radius 2 is 1.54 bits per heavy atom. The van der Waals surface area contributed by atoms with E-state index in [4.69, 9.17) is 9.47 Å². The van der Waals surface area contributed by atoms with Crippen molar-refractivity contribution in [2.75, 3.05) is 19.8 Å². The lowest BCUT2D eigenvalue weighted by Gasteiger charge is -2.27. The summed E-state index contributed by atoms with van der Waals surface area (Å²) in [5.41, 5.74) is 2.33. The summed E-state index contributed by atoms with van der Waals surface area (Å²) in [4.78, 5) is 12.5. The van der Waals surface area contributed by atoms with Crippen LogP contribution in [0, 0.1) is 11.8 Å². The van der Waals surface area contributed by atoms with Gasteiger partial charge in [-0.15, -0.1) is 0 Å². The quantitative estimate of drug-likeness (QED) is 0.944. The molecular formula is C20H21NO3. The van der Waals surface area contributed by atoms with Gasteiger partial charge in [0.2, 0.25) is 5.91 Å². The lowest BCUT2D eigenvalue weighted by Crippen LogP contribution is -2.41. The molecule has 2 atom stereocenters. The van der Waals surface area contributed by atoms with Crippen LogP contribution in [0.15, 0.2) is 48.5 Å². The topological polar surface area (TPSA) is 47.6 Å². The SMILES string of the molecule is O=C(NCC1COc2ccccc2C1)C1COc2ccccc2C1. The molecule has 1 amide bonds. The molecule has 1 N–H and O–H groups in total. The first-order valence-corrected chi connectivity index (χ1v) is 8.49. The van der Waals surface area contributed by atoms with Gasteiger partial charge < -0.3 is 14.8 Å². The van der Waals surface area contributed by atoms with Gasteiger partial charge >= 0.3 is 0 Å². The van der Waals surface area contributed by atoms with Crippen LogP contribution in [0.4, 0.5) is 0 Å². The predicted octanol–water partition coefficient (Wildman–Crippen LogP) is 2.61. The zero-order valence-corrected chi connectivity index (χ0v) is 13.5. The maximum atomic E-state index is 12.5. The Morgan fingerprint density at radius 3 is 2.29 bits per heavy atom. The Labute approximate surface area is 141 Å². The first-order valence-electron chi connectivity index (χ1n) is 8.49. The van der Waals surface area contributed by atoms with E-state index in [2.05, 4.69) is 11.4 Å². The summed E-state index contributed by atoms with van der Waals surface area (Å²) in [6.45, 7) is 1.75. The number of para-hydroxylation sites is 2. The highest BCUT2D eigenvalue weighted by atomic mass is 16.5. The third-order valence-electron chi connectivity index (χ3n) is 4.77. The van der Waals surface area contributed by atoms with E-state index in [0.29, 0.717) is 25.7 Å². The van der Waals surface area contributed by atoms with E-state index in [1.54, 1.807) is 0 Å². The molecule has 0 saturated heterocycles. The number of carbonyl (C=O) groups excluding carboxylic acids is 1. The van der Waals surface area contributed by atoms with Gasteiger partial charge in [-0.1, -0.05) is 36.4 Å². The van der Waals surface area contributed by atoms with Crippen LogP contribution >= 0.6 is 0 Å². The fourth-order valence-electron chi connectivity index (χ4n) is 3.41. The van der Waals surface area contributed by atoms with Crippen LogP contribution in [0.3, 0.4) is 0 Å². The second-order valence-electron chi connectivity index (χ2n) is 6.55. The van der Waals surface area contributed by atoms with Crippen molar-refractivity contribution in [3.8, 4) is 11.5 Å². The van der Waals surface area contributed by atoms with Crippen molar-refractivity contribution in [3.05, 3.63) is 59.7 Å². The van der Waals surface area contributed by atoms with Crippen molar-refractivity contribution in [3.63, 3.8) is 0 Å². The van der Waals surface area contributed by atoms with Gasteiger partial charge in [-0.05, 0) is 36.1 Å². The smallest absolute Gasteiger partial charge is 0.226 e. The Bertz CT molecular complexity index is 743. The van der Waals surface area contributed by atoms with Gasteiger partial charge in [0, 0.05) is 12.5 Å². The predicted molar refractivity (Wildman–Crippen MR) is 91.3 cm³/mol. The molecule has 24 heavy (non-hydrogen) atoms. The molecule has 4 heteroatoms. The number of ether oxygens (including phenoxy) is 2. The molecule has 2 aromatic carbocycles. The lowest BCUT2D eigenvalue weighted by molar-refractivity contribution is -0.126. The number of carbonyl (C=O) groups is 1. The summed E-state index contributed by atoms with van der Waals surface area (Å²) < 4.78 is 11.5. The van der Waals surface area contributed by atoms with E-state index in [0.717, 1.165) is 29.9 Å². The average Bonchev–Trinajstić information content (AvgIpc) is 2.65. The van der Waals surface area contributed by atoms with Crippen molar-refractivity contribution in [1.29, 1.82) is 0 Å². The van der Waals surface area contributed by atoms with Crippen LogP contribution in [0.1, 0.15) is 11.1 Å². The highest BCUT2D eigenvalue weighted by molar-refractivity contribution is 5.79. The first-order chi connectivity index (χ1) is 11.8. The van der Waals surface area contributed by atoms with Crippen molar-refractivity contribution >= 4 is 5.91 Å². The second-order valence-corrected chi connectivity index (χ2v) is 6.55. The Morgan fingerprint density at radius 1 is 0.917 bits per heavy atom. The monoisotopic (exact) mass is 323 g/mol. The Kier molecular flexibility index (Phi) is 4.11. The average molecular weight is 323 g/mol. The molecule has 2 aliphatic heterocycles. The molecule has 0 radical (unpaired) electrons. The summed E-state index contributed by atoms with van der Waals surface area (Å²) >= 11 is 0. The summed E-state index contributed by atoms with van der Waals surface area (Å²) in [7, 11) is 0. The molecule has 2 aliphatic rings. The number of hydrogen-bond donors (Lipinski definition) is 1. The van der Waals surface area contributed by atoms with Crippen LogP contribution in [0.25, 0.3) is 0 Å². The van der Waals surface area contributed by atoms with Gasteiger partial charge in [0.25, 0.3) is 0 Å². The minimum Gasteiger partial charge on any atom is -0.493 e. The minimum absolute atomic E-state index is 0.0726. The number of hydrogen-bond acceptors (Lipinski definition) is 3. The van der Waals surface area contributed by atoms with Gasteiger partial charge in [0.05, 0.1) is 12.5 Å². The van der Waals surface area contributed by atoms with E-state index in [1.165, 1.54) is 5.56 Å². The van der Waals surface area contributed by atoms with E-state index in [9.17, 15) is 4.79 Å². The third kappa shape index (κ3) is 3.09. The number of fused-ring (bicyclic) bond motifs is 2. The lowest BCUT2D eigenvalue weighted by atomic mass is 9.94. The molecule has 124 valence electrons. The summed E-state index contributed by atoms with van der Waals surface area (Å²) in [6, 6.07) is 16.0. The maximum absolute atomic E-state index is 12.5. The standard InChI is InChI=1S/C20H21NO3/c22-20(17-10-16-6-2-4-8-19(16)24-13-17)21-11-14-9-15-5-1-3-7-18(15)23-12-14/h1-8,14,17H,9-13H2,(H,21,22). The largest absolute Gasteiger partial charge is 0.493 e. The summed E-state index contributed by atoms with van der Waals surface area (Å²) in [5, 5.41) is 3.08. The van der Waals surface area contributed by atoms with E-state index >= 15 is 0 Å². The highest BCUT2D eigenvalue weighted by Gasteiger charge is 2.27. The van der Waals surface area contributed by atoms with Gasteiger partial charge in [0.1, 0.15) is 18.1 Å². The summed E-state index contributed by atoms with van der Waals surface area (Å²) in [6.07, 6.45) is 1.69. The fraction of sp³-hybridized carbons (Fsp3) is 0.350. The number of rotatable bonds is 3. The van der Waals surface area contributed by atoms with Gasteiger partial charge in [-0.25, -0.2) is 0 Å². The molecule has 4 nitrogen and oxygen atoms in total. The number of benzene rings is 2. The molecule has 0 saturated carbocycles. The highest BCUT2D eigenvalue weighted by Crippen LogP contribution is 2.28. The van der Waals surface area contributed by atoms with Crippen molar-refractivity contribution < 1.29 is 14.3 Å². The third-order valence-corrected chi connectivity index (χ3v) is 4.77. The number of nitrogens with one attached hydrogen (secondary N) is 1. The minimum atomic E-state index is -0.114.